The Bertz CT molecular complexity index is 2540. The van der Waals surface area contributed by atoms with Gasteiger partial charge in [0.05, 0.1) is 0 Å². The van der Waals surface area contributed by atoms with Crippen LogP contribution in [0.5, 0.6) is 0 Å². The van der Waals surface area contributed by atoms with Crippen LogP contribution in [-0.4, -0.2) is 4.98 Å². The van der Waals surface area contributed by atoms with Crippen molar-refractivity contribution in [3.63, 3.8) is 0 Å². The van der Waals surface area contributed by atoms with E-state index in [9.17, 15) is 0 Å². The Morgan fingerprint density at radius 3 is 1.48 bits per heavy atom. The summed E-state index contributed by atoms with van der Waals surface area (Å²) in [4.78, 5) is 6.02. The number of nitrogens with one attached hydrogen (secondary N) is 1. The topological polar surface area (TPSA) is 19.0 Å². The highest BCUT2D eigenvalue weighted by molar-refractivity contribution is 6.08. The summed E-state index contributed by atoms with van der Waals surface area (Å²) in [5.74, 6) is 0. The summed E-state index contributed by atoms with van der Waals surface area (Å²) in [7, 11) is 0. The number of anilines is 3. The second-order valence-electron chi connectivity index (χ2n) is 15.1. The van der Waals surface area contributed by atoms with Crippen molar-refractivity contribution in [3.8, 4) is 33.4 Å². The highest BCUT2D eigenvalue weighted by atomic mass is 15.1. The zero-order valence-electron chi connectivity index (χ0n) is 28.9. The molecule has 2 heteroatoms. The average Bonchev–Trinajstić information content (AvgIpc) is 3.71. The maximum atomic E-state index is 3.57. The van der Waals surface area contributed by atoms with E-state index in [1.807, 2.05) is 0 Å². The molecule has 0 radical (unpaired) electrons. The van der Waals surface area contributed by atoms with E-state index in [1.54, 1.807) is 0 Å². The highest BCUT2D eigenvalue weighted by Gasteiger charge is 2.37. The fourth-order valence-corrected chi connectivity index (χ4v) is 8.94. The predicted octanol–water partition coefficient (Wildman–Crippen LogP) is 13.1. The van der Waals surface area contributed by atoms with Crippen molar-refractivity contribution in [1.82, 2.24) is 4.98 Å². The molecule has 0 atom stereocenters. The van der Waals surface area contributed by atoms with Gasteiger partial charge in [-0.2, -0.15) is 0 Å². The number of benzene rings is 7. The molecule has 8 aromatic rings. The molecule has 0 spiro atoms. The second-order valence-corrected chi connectivity index (χ2v) is 15.1. The van der Waals surface area contributed by atoms with Crippen molar-refractivity contribution in [2.45, 2.75) is 38.5 Å². The van der Waals surface area contributed by atoms with Gasteiger partial charge in [0, 0.05) is 49.7 Å². The van der Waals surface area contributed by atoms with Crippen LogP contribution >= 0.6 is 0 Å². The molecule has 240 valence electrons. The van der Waals surface area contributed by atoms with Crippen molar-refractivity contribution in [2.24, 2.45) is 0 Å². The molecule has 1 heterocycles. The van der Waals surface area contributed by atoms with Crippen molar-refractivity contribution in [3.05, 3.63) is 174 Å². The Hall–Kier alpha value is -5.86. The summed E-state index contributed by atoms with van der Waals surface area (Å²) < 4.78 is 0. The van der Waals surface area contributed by atoms with Crippen LogP contribution < -0.4 is 4.90 Å². The van der Waals surface area contributed by atoms with Crippen molar-refractivity contribution in [2.75, 3.05) is 4.90 Å². The van der Waals surface area contributed by atoms with Gasteiger partial charge in [-0.05, 0) is 110 Å². The number of hydrogen-bond acceptors (Lipinski definition) is 1. The Morgan fingerprint density at radius 2 is 0.860 bits per heavy atom. The number of aromatic amines is 1. The smallest absolute Gasteiger partial charge is 0.0465 e. The minimum absolute atomic E-state index is 0.0833. The van der Waals surface area contributed by atoms with Crippen molar-refractivity contribution < 1.29 is 0 Å². The van der Waals surface area contributed by atoms with Gasteiger partial charge < -0.3 is 9.88 Å². The third-order valence-electron chi connectivity index (χ3n) is 11.6. The summed E-state index contributed by atoms with van der Waals surface area (Å²) >= 11 is 0. The van der Waals surface area contributed by atoms with Gasteiger partial charge in [-0.3, -0.25) is 0 Å². The van der Waals surface area contributed by atoms with Gasteiger partial charge in [-0.1, -0.05) is 125 Å². The van der Waals surface area contributed by atoms with E-state index in [2.05, 4.69) is 189 Å². The normalized spacial score (nSPS) is 14.7. The highest BCUT2D eigenvalue weighted by Crippen LogP contribution is 2.53. The summed E-state index contributed by atoms with van der Waals surface area (Å²) in [6.45, 7) is 9.45. The van der Waals surface area contributed by atoms with E-state index < -0.39 is 0 Å². The summed E-state index contributed by atoms with van der Waals surface area (Å²) in [5, 5.41) is 2.52. The SMILES string of the molecule is CC1(C)c2ccccc2-c2ccc(N(c3ccc(-c4ccc5[nH]c6ccccc6c5c4)cc3)c3ccc4c(c3)C(C)(C)c3ccccc3-4)cc21. The molecule has 0 unspecified atom stereocenters. The zero-order chi connectivity index (χ0) is 33.8. The second kappa shape index (κ2) is 10.3. The maximum absolute atomic E-state index is 3.57. The molecular formula is C48H38N2. The van der Waals surface area contributed by atoms with Crippen molar-refractivity contribution >= 4 is 38.9 Å². The van der Waals surface area contributed by atoms with Gasteiger partial charge in [0.25, 0.3) is 0 Å². The number of aromatic nitrogens is 1. The number of para-hydroxylation sites is 1. The summed E-state index contributed by atoms with van der Waals surface area (Å²) in [6, 6.07) is 56.4. The molecule has 1 aromatic heterocycles. The van der Waals surface area contributed by atoms with Crippen molar-refractivity contribution in [1.29, 1.82) is 0 Å². The van der Waals surface area contributed by atoms with Crippen LogP contribution in [0.4, 0.5) is 17.1 Å². The zero-order valence-corrected chi connectivity index (χ0v) is 28.9. The molecule has 0 aliphatic heterocycles. The lowest BCUT2D eigenvalue weighted by Crippen LogP contribution is -2.18. The van der Waals surface area contributed by atoms with Gasteiger partial charge in [0.1, 0.15) is 0 Å². The maximum Gasteiger partial charge on any atom is 0.0465 e. The van der Waals surface area contributed by atoms with E-state index >= 15 is 0 Å². The summed E-state index contributed by atoms with van der Waals surface area (Å²) in [5.41, 5.74) is 19.0. The monoisotopic (exact) mass is 642 g/mol. The molecule has 0 fully saturated rings. The van der Waals surface area contributed by atoms with Gasteiger partial charge in [0.15, 0.2) is 0 Å². The number of H-pyrrole nitrogens is 1. The fourth-order valence-electron chi connectivity index (χ4n) is 8.94. The Balaban J connectivity index is 1.12. The predicted molar refractivity (Wildman–Crippen MR) is 211 cm³/mol. The van der Waals surface area contributed by atoms with E-state index in [0.29, 0.717) is 0 Å². The quantitative estimate of drug-likeness (QED) is 0.202. The molecule has 50 heavy (non-hydrogen) atoms. The largest absolute Gasteiger partial charge is 0.355 e. The molecular weight excluding hydrogens is 605 g/mol. The van der Waals surface area contributed by atoms with E-state index in [-0.39, 0.29) is 10.8 Å². The molecule has 0 bridgehead atoms. The standard InChI is InChI=1S/C48H38N2/c1-47(2)41-14-8-5-11-35(41)37-24-22-33(28-43(37)47)50(34-23-25-38-36-12-6-9-15-42(36)48(3,4)44(38)29-34)32-20-17-30(18-21-32)31-19-26-46-40(27-31)39-13-7-10-16-45(39)49-46/h5-29,49H,1-4H3. The van der Waals surface area contributed by atoms with Gasteiger partial charge in [-0.15, -0.1) is 0 Å². The molecule has 7 aromatic carbocycles. The van der Waals surface area contributed by atoms with Crippen LogP contribution in [0.15, 0.2) is 152 Å². The first kappa shape index (κ1) is 29.1. The number of nitrogens with zero attached hydrogens (tertiary/aromatic N) is 1. The van der Waals surface area contributed by atoms with E-state index in [4.69, 9.17) is 0 Å². The lowest BCUT2D eigenvalue weighted by Gasteiger charge is -2.30. The van der Waals surface area contributed by atoms with Crippen LogP contribution in [0.3, 0.4) is 0 Å². The molecule has 2 nitrogen and oxygen atoms in total. The van der Waals surface area contributed by atoms with Gasteiger partial charge >= 0.3 is 0 Å². The molecule has 0 amide bonds. The third-order valence-corrected chi connectivity index (χ3v) is 11.6. The van der Waals surface area contributed by atoms with Crippen LogP contribution in [0.1, 0.15) is 49.9 Å². The molecule has 0 saturated heterocycles. The van der Waals surface area contributed by atoms with E-state index in [0.717, 1.165) is 5.69 Å². The summed E-state index contributed by atoms with van der Waals surface area (Å²) in [6.07, 6.45) is 0. The van der Waals surface area contributed by atoms with Crippen LogP contribution in [0.25, 0.3) is 55.2 Å². The van der Waals surface area contributed by atoms with Crippen LogP contribution in [-0.2, 0) is 10.8 Å². The first-order valence-corrected chi connectivity index (χ1v) is 17.7. The first-order valence-electron chi connectivity index (χ1n) is 17.7. The van der Waals surface area contributed by atoms with Crippen LogP contribution in [0.2, 0.25) is 0 Å². The molecule has 0 saturated carbocycles. The van der Waals surface area contributed by atoms with Gasteiger partial charge in [-0.25, -0.2) is 0 Å². The Morgan fingerprint density at radius 1 is 0.380 bits per heavy atom. The fraction of sp³-hybridized carbons (Fsp3) is 0.125. The van der Waals surface area contributed by atoms with Gasteiger partial charge in [0.2, 0.25) is 0 Å². The van der Waals surface area contributed by atoms with Crippen LogP contribution in [0, 0.1) is 0 Å². The molecule has 2 aliphatic rings. The third kappa shape index (κ3) is 4.08. The van der Waals surface area contributed by atoms with E-state index in [1.165, 1.54) is 88.8 Å². The minimum Gasteiger partial charge on any atom is -0.355 e. The number of fused-ring (bicyclic) bond motifs is 9. The number of rotatable bonds is 4. The first-order chi connectivity index (χ1) is 24.3. The molecule has 2 aliphatic carbocycles. The average molecular weight is 643 g/mol. The Kier molecular flexibility index (Phi) is 6.01. The minimum atomic E-state index is -0.0833. The molecule has 10 rings (SSSR count). The number of hydrogen-bond donors (Lipinski definition) is 1. The Labute approximate surface area is 293 Å². The lowest BCUT2D eigenvalue weighted by molar-refractivity contribution is 0.660. The lowest BCUT2D eigenvalue weighted by atomic mass is 9.82. The molecule has 1 N–H and O–H groups in total.